The standard InChI is InChI=1S/C22H30N6O3/c1-23-8-3-9-27-15-10-16(27)13-26(12-15)14-4-5-17-19(11-14)25(2)22(31)28(17)18-6-7-20(29)24-21(18)30/h4-5,11,15-16,18,23H,3,6-10,12-13H2,1-2H3,(H,24,29,30). The minimum absolute atomic E-state index is 0.223. The SMILES string of the molecule is CNCCCN1C2CC1CN(c1ccc3c(c1)n(C)c(=O)n3C1CCC(=O)NC1=O)C2. The van der Waals surface area contributed by atoms with Crippen LogP contribution in [0.3, 0.4) is 0 Å². The number of aromatic nitrogens is 2. The van der Waals surface area contributed by atoms with E-state index >= 15 is 0 Å². The van der Waals surface area contributed by atoms with Crippen molar-refractivity contribution in [3.05, 3.63) is 28.7 Å². The number of hydrogen-bond donors (Lipinski definition) is 2. The summed E-state index contributed by atoms with van der Waals surface area (Å²) in [5.41, 5.74) is 2.45. The number of fused-ring (bicyclic) bond motifs is 3. The molecule has 5 heterocycles. The molecule has 6 rings (SSSR count). The van der Waals surface area contributed by atoms with Crippen molar-refractivity contribution in [1.82, 2.24) is 24.7 Å². The van der Waals surface area contributed by atoms with Crippen molar-refractivity contribution in [3.8, 4) is 0 Å². The highest BCUT2D eigenvalue weighted by Gasteiger charge is 2.44. The van der Waals surface area contributed by atoms with E-state index in [1.54, 1.807) is 11.6 Å². The van der Waals surface area contributed by atoms with Gasteiger partial charge in [0, 0.05) is 50.9 Å². The number of benzene rings is 1. The van der Waals surface area contributed by atoms with Crippen molar-refractivity contribution in [2.45, 2.75) is 43.8 Å². The zero-order chi connectivity index (χ0) is 21.7. The van der Waals surface area contributed by atoms with Crippen LogP contribution in [-0.2, 0) is 16.6 Å². The Morgan fingerprint density at radius 1 is 1.13 bits per heavy atom. The molecular weight excluding hydrogens is 396 g/mol. The fourth-order valence-corrected chi connectivity index (χ4v) is 5.48. The van der Waals surface area contributed by atoms with Crippen LogP contribution < -0.4 is 21.2 Å². The third kappa shape index (κ3) is 3.36. The van der Waals surface area contributed by atoms with Gasteiger partial charge in [-0.25, -0.2) is 4.79 Å². The molecule has 3 atom stereocenters. The van der Waals surface area contributed by atoms with Gasteiger partial charge in [0.25, 0.3) is 0 Å². The number of imide groups is 1. The van der Waals surface area contributed by atoms with E-state index in [1.807, 2.05) is 13.1 Å². The van der Waals surface area contributed by atoms with Crippen molar-refractivity contribution in [3.63, 3.8) is 0 Å². The number of piperidine rings is 2. The van der Waals surface area contributed by atoms with Crippen LogP contribution in [0.2, 0.25) is 0 Å². The van der Waals surface area contributed by atoms with Gasteiger partial charge in [0.05, 0.1) is 11.0 Å². The molecular formula is C22H30N6O3. The molecule has 0 aliphatic carbocycles. The average Bonchev–Trinajstić information content (AvgIpc) is 3.01. The summed E-state index contributed by atoms with van der Waals surface area (Å²) in [4.78, 5) is 41.9. The van der Waals surface area contributed by atoms with E-state index < -0.39 is 11.9 Å². The van der Waals surface area contributed by atoms with E-state index in [0.29, 0.717) is 18.5 Å². The third-order valence-corrected chi connectivity index (χ3v) is 7.15. The minimum atomic E-state index is -0.645. The Morgan fingerprint density at radius 2 is 1.90 bits per heavy atom. The molecule has 1 aromatic carbocycles. The van der Waals surface area contributed by atoms with Crippen LogP contribution in [0.4, 0.5) is 5.69 Å². The Labute approximate surface area is 181 Å². The van der Waals surface area contributed by atoms with Crippen LogP contribution in [-0.4, -0.2) is 71.2 Å². The molecule has 2 bridgehead atoms. The first-order valence-electron chi connectivity index (χ1n) is 11.2. The summed E-state index contributed by atoms with van der Waals surface area (Å²) in [7, 11) is 3.74. The predicted octanol–water partition coefficient (Wildman–Crippen LogP) is 0.190. The van der Waals surface area contributed by atoms with Gasteiger partial charge in [-0.3, -0.25) is 28.9 Å². The topological polar surface area (TPSA) is 91.6 Å². The second-order valence-corrected chi connectivity index (χ2v) is 8.99. The number of anilines is 1. The molecule has 3 unspecified atom stereocenters. The van der Waals surface area contributed by atoms with E-state index in [9.17, 15) is 14.4 Å². The number of aryl methyl sites for hydroxylation is 1. The summed E-state index contributed by atoms with van der Waals surface area (Å²) in [5, 5.41) is 5.58. The lowest BCUT2D eigenvalue weighted by Crippen LogP contribution is -2.68. The highest BCUT2D eigenvalue weighted by Crippen LogP contribution is 2.35. The molecule has 0 radical (unpaired) electrons. The van der Waals surface area contributed by atoms with Gasteiger partial charge in [-0.15, -0.1) is 0 Å². The number of piperazine rings is 1. The first kappa shape index (κ1) is 20.3. The molecule has 2 aromatic rings. The predicted molar refractivity (Wildman–Crippen MR) is 118 cm³/mol. The first-order chi connectivity index (χ1) is 15.0. The quantitative estimate of drug-likeness (QED) is 0.506. The van der Waals surface area contributed by atoms with Gasteiger partial charge in [-0.05, 0) is 51.1 Å². The number of rotatable bonds is 6. The summed E-state index contributed by atoms with van der Waals surface area (Å²) >= 11 is 0. The Bertz CT molecular complexity index is 1080. The molecule has 166 valence electrons. The maximum absolute atomic E-state index is 13.0. The summed E-state index contributed by atoms with van der Waals surface area (Å²) in [6, 6.07) is 6.62. The average molecular weight is 427 g/mol. The van der Waals surface area contributed by atoms with Crippen molar-refractivity contribution in [1.29, 1.82) is 0 Å². The molecule has 4 fully saturated rings. The largest absolute Gasteiger partial charge is 0.368 e. The second-order valence-electron chi connectivity index (χ2n) is 8.99. The summed E-state index contributed by atoms with van der Waals surface area (Å²) in [6.45, 7) is 4.20. The first-order valence-corrected chi connectivity index (χ1v) is 11.2. The highest BCUT2D eigenvalue weighted by molar-refractivity contribution is 6.00. The Morgan fingerprint density at radius 3 is 2.61 bits per heavy atom. The molecule has 9 nitrogen and oxygen atoms in total. The molecule has 0 spiro atoms. The molecule has 4 aliphatic heterocycles. The van der Waals surface area contributed by atoms with Gasteiger partial charge in [-0.1, -0.05) is 0 Å². The van der Waals surface area contributed by atoms with Crippen LogP contribution in [0, 0.1) is 0 Å². The van der Waals surface area contributed by atoms with Crippen molar-refractivity contribution < 1.29 is 9.59 Å². The zero-order valence-electron chi connectivity index (χ0n) is 18.1. The fourth-order valence-electron chi connectivity index (χ4n) is 5.48. The van der Waals surface area contributed by atoms with Gasteiger partial charge in [0.1, 0.15) is 6.04 Å². The van der Waals surface area contributed by atoms with Gasteiger partial charge in [-0.2, -0.15) is 0 Å². The molecule has 31 heavy (non-hydrogen) atoms. The summed E-state index contributed by atoms with van der Waals surface area (Å²) in [5.74, 6) is -0.676. The smallest absolute Gasteiger partial charge is 0.329 e. The van der Waals surface area contributed by atoms with Crippen LogP contribution in [0.1, 0.15) is 31.7 Å². The Kier molecular flexibility index (Phi) is 5.10. The number of nitrogens with zero attached hydrogens (tertiary/aromatic N) is 4. The molecule has 9 heteroatoms. The van der Waals surface area contributed by atoms with Crippen molar-refractivity contribution in [2.75, 3.05) is 38.1 Å². The minimum Gasteiger partial charge on any atom is -0.368 e. The second kappa shape index (κ2) is 7.80. The lowest BCUT2D eigenvalue weighted by atomic mass is 9.87. The van der Waals surface area contributed by atoms with E-state index in [1.165, 1.54) is 17.4 Å². The summed E-state index contributed by atoms with van der Waals surface area (Å²) in [6.07, 6.45) is 3.04. The van der Waals surface area contributed by atoms with Gasteiger partial charge < -0.3 is 10.2 Å². The van der Waals surface area contributed by atoms with E-state index in [4.69, 9.17) is 0 Å². The summed E-state index contributed by atoms with van der Waals surface area (Å²) < 4.78 is 3.15. The number of carbonyl (C=O) groups excluding carboxylic acids is 2. The number of hydrogen-bond acceptors (Lipinski definition) is 6. The Balaban J connectivity index is 1.38. The van der Waals surface area contributed by atoms with Crippen molar-refractivity contribution >= 4 is 28.5 Å². The normalized spacial score (nSPS) is 26.3. The molecule has 1 aromatic heterocycles. The number of amides is 2. The molecule has 2 amide bonds. The monoisotopic (exact) mass is 426 g/mol. The molecule has 4 saturated heterocycles. The third-order valence-electron chi connectivity index (χ3n) is 7.15. The van der Waals surface area contributed by atoms with Crippen LogP contribution in [0.25, 0.3) is 11.0 Å². The number of carbonyl (C=O) groups is 2. The highest BCUT2D eigenvalue weighted by atomic mass is 16.2. The fraction of sp³-hybridized carbons (Fsp3) is 0.591. The molecule has 0 saturated carbocycles. The van der Waals surface area contributed by atoms with Gasteiger partial charge in [0.2, 0.25) is 11.8 Å². The van der Waals surface area contributed by atoms with Crippen molar-refractivity contribution in [2.24, 2.45) is 7.05 Å². The number of nitrogens with one attached hydrogen (secondary N) is 2. The lowest BCUT2D eigenvalue weighted by Gasteiger charge is -2.57. The maximum atomic E-state index is 13.0. The molecule has 2 N–H and O–H groups in total. The van der Waals surface area contributed by atoms with E-state index in [-0.39, 0.29) is 18.0 Å². The van der Waals surface area contributed by atoms with Gasteiger partial charge in [0.15, 0.2) is 0 Å². The number of imidazole rings is 1. The molecule has 4 aliphatic rings. The zero-order valence-corrected chi connectivity index (χ0v) is 18.1. The lowest BCUT2D eigenvalue weighted by molar-refractivity contribution is -0.135. The van der Waals surface area contributed by atoms with Crippen LogP contribution in [0.15, 0.2) is 23.0 Å². The van der Waals surface area contributed by atoms with Crippen LogP contribution in [0.5, 0.6) is 0 Å². The Hall–Kier alpha value is -2.65. The van der Waals surface area contributed by atoms with E-state index in [0.717, 1.165) is 42.9 Å². The van der Waals surface area contributed by atoms with Gasteiger partial charge >= 0.3 is 5.69 Å². The van der Waals surface area contributed by atoms with Crippen LogP contribution >= 0.6 is 0 Å². The van der Waals surface area contributed by atoms with E-state index in [2.05, 4.69) is 32.6 Å². The maximum Gasteiger partial charge on any atom is 0.329 e.